The van der Waals surface area contributed by atoms with E-state index >= 15 is 0 Å². The van der Waals surface area contributed by atoms with Gasteiger partial charge in [-0.2, -0.15) is 5.21 Å². The lowest BCUT2D eigenvalue weighted by molar-refractivity contribution is -0.128. The number of nitrogens with zero attached hydrogens (tertiary/aromatic N) is 6. The number of ketones is 1. The van der Waals surface area contributed by atoms with Crippen LogP contribution in [-0.4, -0.2) is 40.5 Å². The molecule has 1 saturated carbocycles. The lowest BCUT2D eigenvalue weighted by Crippen LogP contribution is -2.45. The summed E-state index contributed by atoms with van der Waals surface area (Å²) in [7, 11) is 0. The second kappa shape index (κ2) is 10.6. The van der Waals surface area contributed by atoms with Crippen LogP contribution in [0.25, 0.3) is 22.5 Å². The number of rotatable bonds is 10. The molecule has 1 N–H and O–H groups in total. The molecule has 9 nitrogen and oxygen atoms in total. The van der Waals surface area contributed by atoms with Crippen molar-refractivity contribution >= 4 is 5.78 Å². The summed E-state index contributed by atoms with van der Waals surface area (Å²) in [6.45, 7) is 6.37. The van der Waals surface area contributed by atoms with Crippen LogP contribution in [0.4, 0.5) is 0 Å². The lowest BCUT2D eigenvalue weighted by Gasteiger charge is -2.43. The number of tetrazole rings is 1. The third-order valence-corrected chi connectivity index (χ3v) is 7.72. The Hall–Kier alpha value is -3.88. The monoisotopic (exact) mass is 499 g/mol. The molecule has 192 valence electrons. The van der Waals surface area contributed by atoms with Gasteiger partial charge in [0.1, 0.15) is 5.78 Å². The average molecular weight is 500 g/mol. The molecule has 9 heteroatoms. The first kappa shape index (κ1) is 24.8. The molecule has 0 aliphatic heterocycles. The van der Waals surface area contributed by atoms with E-state index in [1.54, 1.807) is 13.1 Å². The van der Waals surface area contributed by atoms with Gasteiger partial charge in [-0.3, -0.25) is 18.9 Å². The zero-order valence-corrected chi connectivity index (χ0v) is 21.6. The third kappa shape index (κ3) is 4.77. The number of benzene rings is 1. The van der Waals surface area contributed by atoms with E-state index < -0.39 is 0 Å². The number of H-pyrrole nitrogens is 1. The van der Waals surface area contributed by atoms with Crippen molar-refractivity contribution < 1.29 is 4.79 Å². The molecule has 1 aliphatic rings. The number of imidazole rings is 1. The van der Waals surface area contributed by atoms with Gasteiger partial charge in [0.25, 0.3) is 0 Å². The highest BCUT2D eigenvalue weighted by Crippen LogP contribution is 2.46. The number of aromatic nitrogens is 7. The molecule has 0 amide bonds. The zero-order valence-electron chi connectivity index (χ0n) is 21.6. The Kier molecular flexibility index (Phi) is 7.12. The quantitative estimate of drug-likeness (QED) is 0.345. The maximum Gasteiger partial charge on any atom is 0.328 e. The molecule has 3 atom stereocenters. The first-order valence-electron chi connectivity index (χ1n) is 13.1. The Labute approximate surface area is 216 Å². The van der Waals surface area contributed by atoms with Crippen molar-refractivity contribution in [2.24, 2.45) is 11.8 Å². The van der Waals surface area contributed by atoms with Crippen LogP contribution in [-0.2, 0) is 17.8 Å². The van der Waals surface area contributed by atoms with Gasteiger partial charge in [-0.25, -0.2) is 4.79 Å². The van der Waals surface area contributed by atoms with Crippen LogP contribution in [0.15, 0.2) is 53.7 Å². The van der Waals surface area contributed by atoms with Gasteiger partial charge in [0.15, 0.2) is 0 Å². The minimum Gasteiger partial charge on any atom is -0.300 e. The van der Waals surface area contributed by atoms with Gasteiger partial charge in [-0.15, -0.1) is 10.2 Å². The van der Waals surface area contributed by atoms with Crippen molar-refractivity contribution in [2.75, 3.05) is 0 Å². The topological polar surface area (TPSA) is 111 Å². The minimum atomic E-state index is -0.0794. The van der Waals surface area contributed by atoms with Gasteiger partial charge in [-0.1, -0.05) is 51.0 Å². The number of hydrogen-bond donors (Lipinski definition) is 1. The Morgan fingerprint density at radius 2 is 1.92 bits per heavy atom. The van der Waals surface area contributed by atoms with E-state index in [9.17, 15) is 9.59 Å². The molecule has 1 aromatic carbocycles. The number of Topliss-reactive ketones (excluding diaryl/α,β-unsaturated/α-hetero) is 1. The van der Waals surface area contributed by atoms with Crippen molar-refractivity contribution in [3.63, 3.8) is 0 Å². The SMILES string of the molecule is CCCCc1cn(C2C(CC)CC2C(C)=O)c(=O)n1Cc1cnccc1-c1ccc(-c2nn[nH]n2)cc1. The molecular weight excluding hydrogens is 466 g/mol. The molecule has 3 aromatic heterocycles. The summed E-state index contributed by atoms with van der Waals surface area (Å²) in [4.78, 5) is 30.5. The minimum absolute atomic E-state index is 0.0391. The fourth-order valence-corrected chi connectivity index (χ4v) is 5.55. The molecule has 0 radical (unpaired) electrons. The van der Waals surface area contributed by atoms with E-state index in [0.717, 1.165) is 60.1 Å². The molecule has 4 aromatic rings. The van der Waals surface area contributed by atoms with Crippen molar-refractivity contribution in [3.8, 4) is 22.5 Å². The van der Waals surface area contributed by atoms with Gasteiger partial charge in [0.2, 0.25) is 5.82 Å². The first-order valence-corrected chi connectivity index (χ1v) is 13.1. The van der Waals surface area contributed by atoms with Crippen LogP contribution in [0.2, 0.25) is 0 Å². The van der Waals surface area contributed by atoms with Gasteiger partial charge < -0.3 is 0 Å². The smallest absolute Gasteiger partial charge is 0.300 e. The maximum absolute atomic E-state index is 13.8. The Bertz CT molecular complexity index is 1420. The maximum atomic E-state index is 13.8. The second-order valence-corrected chi connectivity index (χ2v) is 9.96. The van der Waals surface area contributed by atoms with Gasteiger partial charge >= 0.3 is 5.69 Å². The Morgan fingerprint density at radius 1 is 1.14 bits per heavy atom. The number of carbonyl (C=O) groups excluding carboxylic acids is 1. The highest BCUT2D eigenvalue weighted by molar-refractivity contribution is 5.80. The van der Waals surface area contributed by atoms with Gasteiger partial charge in [0, 0.05) is 35.8 Å². The van der Waals surface area contributed by atoms with Crippen LogP contribution in [0.3, 0.4) is 0 Å². The summed E-state index contributed by atoms with van der Waals surface area (Å²) in [5.41, 5.74) is 4.85. The fraction of sp³-hybridized carbons (Fsp3) is 0.429. The number of unbranched alkanes of at least 4 members (excludes halogenated alkanes) is 1. The molecule has 3 heterocycles. The summed E-state index contributed by atoms with van der Waals surface area (Å²) in [5.74, 6) is 0.987. The van der Waals surface area contributed by atoms with Crippen LogP contribution in [0.5, 0.6) is 0 Å². The number of hydrogen-bond acceptors (Lipinski definition) is 6. The molecule has 0 spiro atoms. The highest BCUT2D eigenvalue weighted by atomic mass is 16.2. The van der Waals surface area contributed by atoms with E-state index in [1.165, 1.54) is 0 Å². The summed E-state index contributed by atoms with van der Waals surface area (Å²) in [5, 5.41) is 14.2. The van der Waals surface area contributed by atoms with Gasteiger partial charge in [-0.05, 0) is 60.1 Å². The number of pyridine rings is 1. The van der Waals surface area contributed by atoms with E-state index in [4.69, 9.17) is 0 Å². The van der Waals surface area contributed by atoms with Crippen molar-refractivity contribution in [1.29, 1.82) is 0 Å². The number of aromatic amines is 1. The molecule has 3 unspecified atom stereocenters. The van der Waals surface area contributed by atoms with Crippen LogP contribution < -0.4 is 5.69 Å². The molecule has 1 fully saturated rings. The van der Waals surface area contributed by atoms with Crippen molar-refractivity contribution in [3.05, 3.63) is 70.7 Å². The molecule has 0 saturated heterocycles. The molecule has 5 rings (SSSR count). The summed E-state index contributed by atoms with van der Waals surface area (Å²) >= 11 is 0. The fourth-order valence-electron chi connectivity index (χ4n) is 5.55. The standard InChI is InChI=1S/C28H33N7O2/c1-4-6-7-23-17-35(26-19(5-2)14-25(26)18(3)36)28(37)34(23)16-22-15-29-13-12-24(22)20-8-10-21(11-9-20)27-30-32-33-31-27/h8-13,15,17,19,25-26H,4-7,14,16H2,1-3H3,(H,30,31,32,33). The van der Waals surface area contributed by atoms with E-state index in [2.05, 4.69) is 39.5 Å². The van der Waals surface area contributed by atoms with Crippen LogP contribution in [0, 0.1) is 11.8 Å². The molecule has 0 bridgehead atoms. The van der Waals surface area contributed by atoms with Crippen LogP contribution >= 0.6 is 0 Å². The van der Waals surface area contributed by atoms with E-state index in [1.807, 2.05) is 51.9 Å². The molecule has 37 heavy (non-hydrogen) atoms. The third-order valence-electron chi connectivity index (χ3n) is 7.72. The summed E-state index contributed by atoms with van der Waals surface area (Å²) in [6, 6.07) is 9.90. The largest absolute Gasteiger partial charge is 0.328 e. The Balaban J connectivity index is 1.50. The van der Waals surface area contributed by atoms with Crippen LogP contribution in [0.1, 0.15) is 63.8 Å². The predicted octanol–water partition coefficient (Wildman–Crippen LogP) is 4.46. The lowest BCUT2D eigenvalue weighted by atomic mass is 9.67. The molecule has 1 aliphatic carbocycles. The van der Waals surface area contributed by atoms with Crippen molar-refractivity contribution in [1.82, 2.24) is 34.7 Å². The number of nitrogens with one attached hydrogen (secondary N) is 1. The highest BCUT2D eigenvalue weighted by Gasteiger charge is 2.44. The van der Waals surface area contributed by atoms with E-state index in [-0.39, 0.29) is 23.4 Å². The molecular formula is C28H33N7O2. The van der Waals surface area contributed by atoms with Crippen molar-refractivity contribution in [2.45, 2.75) is 65.5 Å². The summed E-state index contributed by atoms with van der Waals surface area (Å²) < 4.78 is 3.73. The summed E-state index contributed by atoms with van der Waals surface area (Å²) in [6.07, 6.45) is 10.3. The average Bonchev–Trinajstić information content (AvgIpc) is 3.53. The normalized spacial score (nSPS) is 19.1. The Morgan fingerprint density at radius 3 is 2.59 bits per heavy atom. The zero-order chi connectivity index (χ0) is 25.9. The first-order chi connectivity index (χ1) is 18.0. The van der Waals surface area contributed by atoms with Gasteiger partial charge in [0.05, 0.1) is 12.6 Å². The second-order valence-electron chi connectivity index (χ2n) is 9.96. The predicted molar refractivity (Wildman–Crippen MR) is 141 cm³/mol. The number of aryl methyl sites for hydroxylation is 1. The van der Waals surface area contributed by atoms with E-state index in [0.29, 0.717) is 18.3 Å². The number of carbonyl (C=O) groups is 1.